The lowest BCUT2D eigenvalue weighted by Crippen LogP contribution is -2.58. The van der Waals surface area contributed by atoms with E-state index in [0.717, 1.165) is 0 Å². The third-order valence-corrected chi connectivity index (χ3v) is 10.5. The molecule has 23 heteroatoms. The Labute approximate surface area is 218 Å². The van der Waals surface area contributed by atoms with Crippen LogP contribution in [0.15, 0.2) is 16.8 Å². The van der Waals surface area contributed by atoms with Gasteiger partial charge in [-0.1, -0.05) is 21.6 Å². The van der Waals surface area contributed by atoms with Gasteiger partial charge in [0.2, 0.25) is 0 Å². The van der Waals surface area contributed by atoms with Crippen LogP contribution in [0.2, 0.25) is 0 Å². The molecule has 3 aliphatic heterocycles. The van der Waals surface area contributed by atoms with Crippen molar-refractivity contribution in [3.8, 4) is 0 Å². The Kier molecular flexibility index (Phi) is 10.6. The molecule has 0 aliphatic carbocycles. The SMILES string of the molecule is CSSCOC1=CC(N2CC(CN)C3C(O)N=C(N)NC32)OC1COP(=O)([O-])OP(=O)([O-])OP(=O)([O-])O. The van der Waals surface area contributed by atoms with Crippen molar-refractivity contribution in [3.05, 3.63) is 11.8 Å². The average molecular weight is 628 g/mol. The molecule has 0 radical (unpaired) electrons. The second-order valence-corrected chi connectivity index (χ2v) is 14.5. The number of hydrogen-bond acceptors (Lipinski definition) is 19. The summed E-state index contributed by atoms with van der Waals surface area (Å²) < 4.78 is 57.0. The predicted molar refractivity (Wildman–Crippen MR) is 124 cm³/mol. The van der Waals surface area contributed by atoms with Gasteiger partial charge in [0.25, 0.3) is 23.5 Å². The minimum atomic E-state index is -6.05. The largest absolute Gasteiger partial charge is 0.756 e. The summed E-state index contributed by atoms with van der Waals surface area (Å²) in [6, 6.07) is 0. The minimum Gasteiger partial charge on any atom is -0.756 e. The number of hydrogen-bond donors (Lipinski definition) is 5. The van der Waals surface area contributed by atoms with Crippen molar-refractivity contribution in [2.24, 2.45) is 28.3 Å². The maximum atomic E-state index is 12.0. The van der Waals surface area contributed by atoms with Crippen LogP contribution in [0, 0.1) is 11.8 Å². The quantitative estimate of drug-likeness (QED) is 0.0591. The van der Waals surface area contributed by atoms with Crippen LogP contribution in [0.5, 0.6) is 0 Å². The van der Waals surface area contributed by atoms with Gasteiger partial charge in [-0.3, -0.25) is 18.6 Å². The van der Waals surface area contributed by atoms with Gasteiger partial charge in [-0.25, -0.2) is 13.6 Å². The Bertz CT molecular complexity index is 1030. The number of phosphoric ester groups is 1. The Morgan fingerprint density at radius 2 is 2.00 bits per heavy atom. The molecule has 1 fully saturated rings. The molecule has 0 aromatic carbocycles. The van der Waals surface area contributed by atoms with Crippen LogP contribution in [0.1, 0.15) is 0 Å². The van der Waals surface area contributed by atoms with Crippen LogP contribution in [0.4, 0.5) is 0 Å². The number of likely N-dealkylation sites (tertiary alicyclic amines) is 1. The van der Waals surface area contributed by atoms with Gasteiger partial charge in [0.15, 0.2) is 12.2 Å². The molecule has 0 bridgehead atoms. The van der Waals surface area contributed by atoms with E-state index in [1.807, 2.05) is 6.26 Å². The number of rotatable bonds is 13. The number of fused-ring (bicyclic) bond motifs is 1. The van der Waals surface area contributed by atoms with E-state index in [1.54, 1.807) is 11.0 Å². The zero-order valence-electron chi connectivity index (χ0n) is 19.0. The zero-order valence-corrected chi connectivity index (χ0v) is 23.3. The highest BCUT2D eigenvalue weighted by Crippen LogP contribution is 2.61. The fourth-order valence-electron chi connectivity index (χ4n) is 4.03. The molecule has 1 saturated heterocycles. The van der Waals surface area contributed by atoms with Crippen molar-refractivity contribution in [1.82, 2.24) is 10.2 Å². The summed E-state index contributed by atoms with van der Waals surface area (Å²) in [4.78, 5) is 48.2. The summed E-state index contributed by atoms with van der Waals surface area (Å²) >= 11 is 0. The van der Waals surface area contributed by atoms with Gasteiger partial charge in [0.1, 0.15) is 24.0 Å². The molecule has 9 unspecified atom stereocenters. The van der Waals surface area contributed by atoms with E-state index in [9.17, 15) is 33.5 Å². The first kappa shape index (κ1) is 31.3. The molecule has 214 valence electrons. The smallest absolute Gasteiger partial charge is 0.280 e. The number of guanidine groups is 1. The minimum absolute atomic E-state index is 0.00494. The molecular formula is C14H25N5O13P3S2-3. The molecule has 0 aromatic heterocycles. The third-order valence-electron chi connectivity index (χ3n) is 5.36. The molecule has 9 atom stereocenters. The van der Waals surface area contributed by atoms with Gasteiger partial charge in [0.05, 0.1) is 12.8 Å². The average Bonchev–Trinajstić information content (AvgIpc) is 3.31. The van der Waals surface area contributed by atoms with Crippen molar-refractivity contribution in [2.75, 3.05) is 31.9 Å². The van der Waals surface area contributed by atoms with E-state index in [0.29, 0.717) is 6.54 Å². The first-order valence-corrected chi connectivity index (χ1v) is 17.4. The highest BCUT2D eigenvalue weighted by atomic mass is 33.1. The molecular weight excluding hydrogens is 603 g/mol. The van der Waals surface area contributed by atoms with Crippen LogP contribution in [-0.4, -0.2) is 77.5 Å². The molecule has 0 saturated carbocycles. The summed E-state index contributed by atoms with van der Waals surface area (Å²) in [5.74, 6) is -0.328. The van der Waals surface area contributed by atoms with E-state index in [-0.39, 0.29) is 30.1 Å². The number of aliphatic hydroxyl groups excluding tert-OH is 1. The van der Waals surface area contributed by atoms with Gasteiger partial charge in [-0.2, -0.15) is 0 Å². The number of nitrogens with zero attached hydrogens (tertiary/aromatic N) is 2. The van der Waals surface area contributed by atoms with Crippen molar-refractivity contribution in [1.29, 1.82) is 0 Å². The molecule has 0 aromatic rings. The third kappa shape index (κ3) is 8.62. The second kappa shape index (κ2) is 12.5. The number of aliphatic imine (C=N–C) groups is 1. The molecule has 0 spiro atoms. The van der Waals surface area contributed by atoms with E-state index in [4.69, 9.17) is 25.8 Å². The van der Waals surface area contributed by atoms with Gasteiger partial charge < -0.3 is 55.5 Å². The fourth-order valence-corrected chi connectivity index (χ4v) is 7.63. The highest BCUT2D eigenvalue weighted by molar-refractivity contribution is 8.76. The molecule has 7 N–H and O–H groups in total. The first-order chi connectivity index (χ1) is 17.1. The Morgan fingerprint density at radius 1 is 1.30 bits per heavy atom. The monoisotopic (exact) mass is 628 g/mol. The summed E-state index contributed by atoms with van der Waals surface area (Å²) in [7, 11) is -14.9. The zero-order chi connectivity index (χ0) is 27.6. The molecule has 3 heterocycles. The van der Waals surface area contributed by atoms with E-state index < -0.39 is 60.7 Å². The lowest BCUT2D eigenvalue weighted by Gasteiger charge is -2.36. The van der Waals surface area contributed by atoms with Gasteiger partial charge in [0, 0.05) is 12.5 Å². The molecule has 37 heavy (non-hydrogen) atoms. The molecule has 3 rings (SSSR count). The van der Waals surface area contributed by atoms with E-state index >= 15 is 0 Å². The maximum absolute atomic E-state index is 12.0. The van der Waals surface area contributed by atoms with Crippen LogP contribution in [0.25, 0.3) is 0 Å². The first-order valence-electron chi connectivity index (χ1n) is 10.3. The van der Waals surface area contributed by atoms with Gasteiger partial charge in [-0.05, 0) is 24.8 Å². The summed E-state index contributed by atoms with van der Waals surface area (Å²) in [6.07, 6.45) is -0.314. The lowest BCUT2D eigenvalue weighted by molar-refractivity contribution is -0.250. The summed E-state index contributed by atoms with van der Waals surface area (Å²) in [6.45, 7) is -0.264. The summed E-state index contributed by atoms with van der Waals surface area (Å²) in [5.41, 5.74) is 11.6. The van der Waals surface area contributed by atoms with Crippen LogP contribution in [0.3, 0.4) is 0 Å². The van der Waals surface area contributed by atoms with Crippen molar-refractivity contribution < 1.29 is 61.0 Å². The van der Waals surface area contributed by atoms with Crippen molar-refractivity contribution in [2.45, 2.75) is 24.7 Å². The van der Waals surface area contributed by atoms with E-state index in [1.165, 1.54) is 21.6 Å². The number of nitrogens with one attached hydrogen (secondary N) is 1. The Morgan fingerprint density at radius 3 is 2.62 bits per heavy atom. The van der Waals surface area contributed by atoms with Gasteiger partial charge >= 0.3 is 0 Å². The summed E-state index contributed by atoms with van der Waals surface area (Å²) in [5, 5.41) is 13.4. The highest BCUT2D eigenvalue weighted by Gasteiger charge is 2.51. The normalized spacial score (nSPS) is 34.9. The molecule has 18 nitrogen and oxygen atoms in total. The number of ether oxygens (including phenoxy) is 2. The van der Waals surface area contributed by atoms with Crippen LogP contribution < -0.4 is 31.5 Å². The van der Waals surface area contributed by atoms with Crippen LogP contribution in [-0.2, 0) is 36.3 Å². The fraction of sp³-hybridized carbons (Fsp3) is 0.786. The molecule has 0 amide bonds. The topological polar surface area (TPSA) is 287 Å². The standard InChI is InChI=1S/C14H28N5O13P3S2/c1-36-37-6-28-8-2-10(19-4-7(3-15)11-12(19)17-14(16)18-13(11)20)30-9(8)5-29-34(24,25)32-35(26,27)31-33(21,22)23/h2,7,9-13,20H,3-6,15H2,1H3,(H,24,25)(H,26,27)(H3,16,17,18)(H2,21,22,23)/p-3. The predicted octanol–water partition coefficient (Wildman–Crippen LogP) is -2.90. The number of nitrogens with two attached hydrogens (primary N) is 2. The Hall–Kier alpha value is -0.240. The lowest BCUT2D eigenvalue weighted by atomic mass is 9.91. The van der Waals surface area contributed by atoms with Gasteiger partial charge in [-0.15, -0.1) is 0 Å². The van der Waals surface area contributed by atoms with Crippen molar-refractivity contribution in [3.63, 3.8) is 0 Å². The second-order valence-electron chi connectivity index (χ2n) is 7.74. The Balaban J connectivity index is 1.72. The maximum Gasteiger partial charge on any atom is 0.280 e. The molecule has 3 aliphatic rings. The number of aliphatic hydroxyl groups is 1. The van der Waals surface area contributed by atoms with Crippen molar-refractivity contribution >= 4 is 51.0 Å². The number of phosphoric acid groups is 3. The van der Waals surface area contributed by atoms with Crippen LogP contribution >= 0.6 is 45.1 Å². The van der Waals surface area contributed by atoms with E-state index in [2.05, 4.69) is 23.5 Å².